The molecule has 9 heteroatoms. The molecular formula is C19H22N4O4S. The molecule has 0 radical (unpaired) electrons. The van der Waals surface area contributed by atoms with Crippen LogP contribution in [0.3, 0.4) is 0 Å². The van der Waals surface area contributed by atoms with Gasteiger partial charge in [0.05, 0.1) is 18.2 Å². The maximum atomic E-state index is 10.7. The Balaban J connectivity index is 2.03. The summed E-state index contributed by atoms with van der Waals surface area (Å²) in [5.74, 6) is 1.11. The van der Waals surface area contributed by atoms with Crippen molar-refractivity contribution in [2.45, 2.75) is 26.5 Å². The van der Waals surface area contributed by atoms with Crippen LogP contribution in [-0.2, 0) is 6.61 Å². The molecule has 2 rings (SSSR count). The molecule has 2 aromatic carbocycles. The minimum atomic E-state index is -0.438. The molecule has 0 fully saturated rings. The van der Waals surface area contributed by atoms with Crippen LogP contribution >= 0.6 is 12.2 Å². The van der Waals surface area contributed by atoms with E-state index < -0.39 is 4.92 Å². The minimum absolute atomic E-state index is 0.0388. The highest BCUT2D eigenvalue weighted by Crippen LogP contribution is 2.28. The Bertz CT molecular complexity index is 854. The molecule has 0 amide bonds. The smallest absolute Gasteiger partial charge is 0.269 e. The number of hydrogen-bond acceptors (Lipinski definition) is 6. The fraction of sp³-hybridized carbons (Fsp3) is 0.263. The van der Waals surface area contributed by atoms with Gasteiger partial charge in [0.1, 0.15) is 6.61 Å². The van der Waals surface area contributed by atoms with Gasteiger partial charge in [-0.25, -0.2) is 0 Å². The van der Waals surface area contributed by atoms with E-state index in [0.717, 1.165) is 11.1 Å². The van der Waals surface area contributed by atoms with E-state index in [-0.39, 0.29) is 18.3 Å². The summed E-state index contributed by atoms with van der Waals surface area (Å²) in [7, 11) is 1.55. The van der Waals surface area contributed by atoms with E-state index in [4.69, 9.17) is 21.7 Å². The molecule has 0 aromatic heterocycles. The molecule has 2 aromatic rings. The van der Waals surface area contributed by atoms with Gasteiger partial charge in [-0.2, -0.15) is 5.10 Å². The molecule has 0 bridgehead atoms. The van der Waals surface area contributed by atoms with Crippen LogP contribution in [0.1, 0.15) is 25.0 Å². The summed E-state index contributed by atoms with van der Waals surface area (Å²) in [6, 6.07) is 11.8. The van der Waals surface area contributed by atoms with Crippen LogP contribution in [0, 0.1) is 10.1 Å². The number of benzene rings is 2. The Morgan fingerprint density at radius 3 is 2.57 bits per heavy atom. The molecule has 0 saturated carbocycles. The Morgan fingerprint density at radius 2 is 1.96 bits per heavy atom. The lowest BCUT2D eigenvalue weighted by Crippen LogP contribution is -2.36. The lowest BCUT2D eigenvalue weighted by atomic mass is 10.2. The predicted octanol–water partition coefficient (Wildman–Crippen LogP) is 3.39. The third-order valence-electron chi connectivity index (χ3n) is 3.53. The van der Waals surface area contributed by atoms with Crippen molar-refractivity contribution in [2.75, 3.05) is 7.11 Å². The molecule has 0 saturated heterocycles. The second-order valence-corrected chi connectivity index (χ2v) is 6.53. The van der Waals surface area contributed by atoms with Crippen LogP contribution in [0.2, 0.25) is 0 Å². The van der Waals surface area contributed by atoms with Gasteiger partial charge in [-0.05, 0) is 67.5 Å². The van der Waals surface area contributed by atoms with Crippen LogP contribution < -0.4 is 20.2 Å². The molecule has 0 spiro atoms. The number of hydrazone groups is 1. The van der Waals surface area contributed by atoms with Gasteiger partial charge in [-0.15, -0.1) is 0 Å². The standard InChI is InChI=1S/C19H22N4O4S/c1-13(2)21-19(28)22-20-11-15-6-9-17(26-3)18(10-15)27-12-14-4-7-16(8-5-14)23(24)25/h4-11,13H,12H2,1-3H3,(H2,21,22,28)/b20-11-. The van der Waals surface area contributed by atoms with Crippen LogP contribution in [0.25, 0.3) is 0 Å². The third kappa shape index (κ3) is 6.51. The quantitative estimate of drug-likeness (QED) is 0.302. The van der Waals surface area contributed by atoms with Gasteiger partial charge >= 0.3 is 0 Å². The summed E-state index contributed by atoms with van der Waals surface area (Å²) in [6.45, 7) is 4.21. The van der Waals surface area contributed by atoms with Crippen LogP contribution in [-0.4, -0.2) is 29.4 Å². The first-order valence-corrected chi connectivity index (χ1v) is 8.93. The molecular weight excluding hydrogens is 380 g/mol. The number of nitrogens with one attached hydrogen (secondary N) is 2. The van der Waals surface area contributed by atoms with Gasteiger partial charge in [-0.1, -0.05) is 0 Å². The molecule has 0 unspecified atom stereocenters. The van der Waals surface area contributed by atoms with Crippen molar-refractivity contribution in [1.29, 1.82) is 0 Å². The number of ether oxygens (including phenoxy) is 2. The number of non-ortho nitro benzene ring substituents is 1. The first-order chi connectivity index (χ1) is 13.4. The van der Waals surface area contributed by atoms with Gasteiger partial charge in [0.25, 0.3) is 5.69 Å². The van der Waals surface area contributed by atoms with Crippen molar-refractivity contribution in [1.82, 2.24) is 10.7 Å². The molecule has 0 heterocycles. The molecule has 2 N–H and O–H groups in total. The number of nitro benzene ring substituents is 1. The molecule has 28 heavy (non-hydrogen) atoms. The Kier molecular flexibility index (Phi) is 7.70. The molecule has 0 aliphatic heterocycles. The highest BCUT2D eigenvalue weighted by molar-refractivity contribution is 7.80. The number of hydrogen-bond donors (Lipinski definition) is 2. The molecule has 0 aliphatic carbocycles. The molecule has 8 nitrogen and oxygen atoms in total. The average Bonchev–Trinajstić information content (AvgIpc) is 2.66. The lowest BCUT2D eigenvalue weighted by Gasteiger charge is -2.12. The van der Waals surface area contributed by atoms with Crippen molar-refractivity contribution in [3.8, 4) is 11.5 Å². The maximum Gasteiger partial charge on any atom is 0.269 e. The number of nitrogens with zero attached hydrogens (tertiary/aromatic N) is 2. The largest absolute Gasteiger partial charge is 0.493 e. The second-order valence-electron chi connectivity index (χ2n) is 6.12. The van der Waals surface area contributed by atoms with E-state index in [1.165, 1.54) is 12.1 Å². The van der Waals surface area contributed by atoms with E-state index in [1.807, 2.05) is 19.9 Å². The molecule has 148 valence electrons. The van der Waals surface area contributed by atoms with Crippen LogP contribution in [0.4, 0.5) is 5.69 Å². The van der Waals surface area contributed by atoms with E-state index in [9.17, 15) is 10.1 Å². The fourth-order valence-corrected chi connectivity index (χ4v) is 2.51. The topological polar surface area (TPSA) is 98.0 Å². The van der Waals surface area contributed by atoms with E-state index >= 15 is 0 Å². The van der Waals surface area contributed by atoms with Crippen molar-refractivity contribution in [3.63, 3.8) is 0 Å². The average molecular weight is 402 g/mol. The highest BCUT2D eigenvalue weighted by atomic mass is 32.1. The van der Waals surface area contributed by atoms with Crippen LogP contribution in [0.15, 0.2) is 47.6 Å². The number of rotatable bonds is 8. The van der Waals surface area contributed by atoms with E-state index in [0.29, 0.717) is 16.6 Å². The third-order valence-corrected chi connectivity index (χ3v) is 3.74. The first kappa shape index (κ1) is 21.1. The second kappa shape index (κ2) is 10.2. The van der Waals surface area contributed by atoms with E-state index in [1.54, 1.807) is 37.6 Å². The van der Waals surface area contributed by atoms with Gasteiger partial charge in [0, 0.05) is 18.2 Å². The highest BCUT2D eigenvalue weighted by Gasteiger charge is 2.08. The maximum absolute atomic E-state index is 10.7. The summed E-state index contributed by atoms with van der Waals surface area (Å²) in [5, 5.41) is 18.3. The number of methoxy groups -OCH3 is 1. The zero-order valence-electron chi connectivity index (χ0n) is 15.8. The lowest BCUT2D eigenvalue weighted by molar-refractivity contribution is -0.384. The monoisotopic (exact) mass is 402 g/mol. The zero-order chi connectivity index (χ0) is 20.5. The minimum Gasteiger partial charge on any atom is -0.493 e. The normalized spacial score (nSPS) is 10.7. The van der Waals surface area contributed by atoms with Crippen molar-refractivity contribution in [3.05, 3.63) is 63.7 Å². The Morgan fingerprint density at radius 1 is 1.25 bits per heavy atom. The van der Waals surface area contributed by atoms with Crippen molar-refractivity contribution < 1.29 is 14.4 Å². The summed E-state index contributed by atoms with van der Waals surface area (Å²) in [6.07, 6.45) is 1.62. The molecule has 0 aliphatic rings. The van der Waals surface area contributed by atoms with Crippen LogP contribution in [0.5, 0.6) is 11.5 Å². The van der Waals surface area contributed by atoms with Gasteiger partial charge in [0.2, 0.25) is 0 Å². The number of nitro groups is 1. The predicted molar refractivity (Wildman–Crippen MR) is 112 cm³/mol. The first-order valence-electron chi connectivity index (χ1n) is 8.52. The Hall–Kier alpha value is -3.20. The molecule has 0 atom stereocenters. The van der Waals surface area contributed by atoms with E-state index in [2.05, 4.69) is 15.8 Å². The van der Waals surface area contributed by atoms with Gasteiger partial charge in [0.15, 0.2) is 16.6 Å². The summed E-state index contributed by atoms with van der Waals surface area (Å²) in [5.41, 5.74) is 4.38. The summed E-state index contributed by atoms with van der Waals surface area (Å²) in [4.78, 5) is 10.3. The number of thiocarbonyl (C=S) groups is 1. The zero-order valence-corrected chi connectivity index (χ0v) is 16.7. The van der Waals surface area contributed by atoms with Gasteiger partial charge < -0.3 is 14.8 Å². The van der Waals surface area contributed by atoms with Gasteiger partial charge in [-0.3, -0.25) is 15.5 Å². The van der Waals surface area contributed by atoms with Crippen molar-refractivity contribution in [2.24, 2.45) is 5.10 Å². The summed E-state index contributed by atoms with van der Waals surface area (Å²) < 4.78 is 11.1. The summed E-state index contributed by atoms with van der Waals surface area (Å²) >= 11 is 5.11. The fourth-order valence-electron chi connectivity index (χ4n) is 2.22. The SMILES string of the molecule is COc1ccc(/C=N\NC(=S)NC(C)C)cc1OCc1ccc([N+](=O)[O-])cc1. The van der Waals surface area contributed by atoms with Crippen molar-refractivity contribution >= 4 is 29.2 Å². The Labute approximate surface area is 168 Å².